The molecule has 2 aromatic heterocycles. The molecule has 7 heteroatoms. The molecule has 4 aromatic rings. The van der Waals surface area contributed by atoms with Crippen LogP contribution in [0.3, 0.4) is 0 Å². The van der Waals surface area contributed by atoms with Crippen molar-refractivity contribution in [2.75, 3.05) is 24.4 Å². The smallest absolute Gasteiger partial charge is 0.163 e. The summed E-state index contributed by atoms with van der Waals surface area (Å²) in [5, 5.41) is 9.61. The van der Waals surface area contributed by atoms with Crippen LogP contribution in [0.5, 0.6) is 0 Å². The lowest BCUT2D eigenvalue weighted by Gasteiger charge is -2.11. The number of fused-ring (bicyclic) bond motifs is 1. The predicted octanol–water partition coefficient (Wildman–Crippen LogP) is 3.39. The topological polar surface area (TPSA) is 71.2 Å². The predicted molar refractivity (Wildman–Crippen MR) is 113 cm³/mol. The summed E-state index contributed by atoms with van der Waals surface area (Å²) in [6.07, 6.45) is 5.05. The Balaban J connectivity index is 1.51. The van der Waals surface area contributed by atoms with Gasteiger partial charge in [0, 0.05) is 19.8 Å². The van der Waals surface area contributed by atoms with Crippen LogP contribution in [-0.2, 0) is 6.54 Å². The normalized spacial score (nSPS) is 11.2. The Kier molecular flexibility index (Phi) is 4.97. The zero-order valence-electron chi connectivity index (χ0n) is 15.8. The van der Waals surface area contributed by atoms with Crippen LogP contribution in [0.25, 0.3) is 11.0 Å². The second-order valence-corrected chi connectivity index (χ2v) is 6.60. The van der Waals surface area contributed by atoms with E-state index in [1.54, 1.807) is 12.4 Å². The van der Waals surface area contributed by atoms with Gasteiger partial charge in [0.25, 0.3) is 0 Å². The lowest BCUT2D eigenvalue weighted by molar-refractivity contribution is 0.704. The zero-order valence-corrected chi connectivity index (χ0v) is 15.8. The van der Waals surface area contributed by atoms with E-state index in [2.05, 4.69) is 54.8 Å². The average molecular weight is 371 g/mol. The summed E-state index contributed by atoms with van der Waals surface area (Å²) in [6.45, 7) is 0.655. The van der Waals surface area contributed by atoms with E-state index in [1.807, 2.05) is 49.1 Å². The first kappa shape index (κ1) is 17.7. The summed E-state index contributed by atoms with van der Waals surface area (Å²) in [5.74, 6) is 0.630. The van der Waals surface area contributed by atoms with Gasteiger partial charge in [0.15, 0.2) is 11.5 Å². The van der Waals surface area contributed by atoms with Crippen LogP contribution in [0.4, 0.5) is 11.5 Å². The minimum Gasteiger partial charge on any atom is -0.378 e. The van der Waals surface area contributed by atoms with Crippen molar-refractivity contribution in [3.63, 3.8) is 0 Å². The maximum Gasteiger partial charge on any atom is 0.163 e. The van der Waals surface area contributed by atoms with Gasteiger partial charge in [-0.05, 0) is 23.3 Å². The Morgan fingerprint density at radius 3 is 2.57 bits per heavy atom. The molecule has 0 saturated heterocycles. The maximum atomic E-state index is 4.46. The van der Waals surface area contributed by atoms with Gasteiger partial charge < -0.3 is 4.90 Å². The average Bonchev–Trinajstić information content (AvgIpc) is 3.13. The summed E-state index contributed by atoms with van der Waals surface area (Å²) in [6, 6.07) is 18.3. The van der Waals surface area contributed by atoms with Crippen LogP contribution < -0.4 is 10.3 Å². The van der Waals surface area contributed by atoms with E-state index < -0.39 is 0 Å². The van der Waals surface area contributed by atoms with E-state index in [1.165, 1.54) is 11.9 Å². The van der Waals surface area contributed by atoms with E-state index in [0.717, 1.165) is 22.3 Å². The second kappa shape index (κ2) is 7.87. The van der Waals surface area contributed by atoms with Crippen molar-refractivity contribution in [2.45, 2.75) is 6.54 Å². The molecule has 2 heterocycles. The third kappa shape index (κ3) is 3.83. The fourth-order valence-corrected chi connectivity index (χ4v) is 2.88. The SMILES string of the molecule is CN(C)c1ccc(/C=N/Nc2ncnc3c2cnn3Cc2ccccc2)cc1. The fraction of sp³-hybridized carbons (Fsp3) is 0.143. The number of anilines is 2. The van der Waals surface area contributed by atoms with E-state index in [4.69, 9.17) is 0 Å². The van der Waals surface area contributed by atoms with Crippen LogP contribution in [0.15, 0.2) is 72.2 Å². The molecule has 0 saturated carbocycles. The largest absolute Gasteiger partial charge is 0.378 e. The summed E-state index contributed by atoms with van der Waals surface area (Å²) in [5.41, 5.74) is 7.09. The van der Waals surface area contributed by atoms with Crippen LogP contribution in [0.1, 0.15) is 11.1 Å². The van der Waals surface area contributed by atoms with Crippen LogP contribution >= 0.6 is 0 Å². The van der Waals surface area contributed by atoms with Gasteiger partial charge in [0.1, 0.15) is 6.33 Å². The Bertz CT molecular complexity index is 1080. The quantitative estimate of drug-likeness (QED) is 0.416. The molecule has 0 fully saturated rings. The lowest BCUT2D eigenvalue weighted by atomic mass is 10.2. The van der Waals surface area contributed by atoms with Crippen molar-refractivity contribution >= 4 is 28.8 Å². The number of hydrogen-bond donors (Lipinski definition) is 1. The zero-order chi connectivity index (χ0) is 19.3. The van der Waals surface area contributed by atoms with Crippen LogP contribution in [-0.4, -0.2) is 40.1 Å². The summed E-state index contributed by atoms with van der Waals surface area (Å²) < 4.78 is 1.86. The molecule has 4 rings (SSSR count). The van der Waals surface area contributed by atoms with Gasteiger partial charge in [-0.15, -0.1) is 0 Å². The van der Waals surface area contributed by atoms with Gasteiger partial charge in [-0.3, -0.25) is 5.43 Å². The van der Waals surface area contributed by atoms with Gasteiger partial charge in [-0.25, -0.2) is 14.6 Å². The molecular formula is C21H21N7. The van der Waals surface area contributed by atoms with Gasteiger partial charge >= 0.3 is 0 Å². The molecule has 0 aliphatic heterocycles. The number of benzene rings is 2. The fourth-order valence-electron chi connectivity index (χ4n) is 2.88. The van der Waals surface area contributed by atoms with Gasteiger partial charge in [0.2, 0.25) is 0 Å². The van der Waals surface area contributed by atoms with Crippen molar-refractivity contribution in [3.05, 3.63) is 78.2 Å². The van der Waals surface area contributed by atoms with Gasteiger partial charge in [-0.1, -0.05) is 42.5 Å². The minimum atomic E-state index is 0.630. The van der Waals surface area contributed by atoms with Crippen LogP contribution in [0, 0.1) is 0 Å². The molecule has 0 unspecified atom stereocenters. The first-order valence-electron chi connectivity index (χ1n) is 8.97. The number of hydrogen-bond acceptors (Lipinski definition) is 6. The van der Waals surface area contributed by atoms with Crippen molar-refractivity contribution in [1.29, 1.82) is 0 Å². The third-order valence-corrected chi connectivity index (χ3v) is 4.40. The molecule has 0 spiro atoms. The molecule has 0 radical (unpaired) electrons. The molecule has 0 amide bonds. The molecule has 0 bridgehead atoms. The highest BCUT2D eigenvalue weighted by molar-refractivity contribution is 5.87. The molecular weight excluding hydrogens is 350 g/mol. The summed E-state index contributed by atoms with van der Waals surface area (Å²) in [4.78, 5) is 10.7. The first-order valence-corrected chi connectivity index (χ1v) is 8.97. The molecule has 2 aromatic carbocycles. The molecule has 140 valence electrons. The number of nitrogens with zero attached hydrogens (tertiary/aromatic N) is 6. The van der Waals surface area contributed by atoms with Crippen molar-refractivity contribution < 1.29 is 0 Å². The standard InChI is InChI=1S/C21H21N7/c1-27(2)18-10-8-16(9-11-18)12-24-26-20-19-13-25-28(21(19)23-15-22-20)14-17-6-4-3-5-7-17/h3-13,15H,14H2,1-2H3,(H,22,23,26)/b24-12+. The molecule has 0 aliphatic carbocycles. The summed E-state index contributed by atoms with van der Waals surface area (Å²) in [7, 11) is 4.03. The highest BCUT2D eigenvalue weighted by Crippen LogP contribution is 2.19. The Labute approximate surface area is 163 Å². The van der Waals surface area contributed by atoms with Crippen molar-refractivity contribution in [3.8, 4) is 0 Å². The first-order chi connectivity index (χ1) is 13.7. The van der Waals surface area contributed by atoms with E-state index in [9.17, 15) is 0 Å². The molecule has 28 heavy (non-hydrogen) atoms. The number of rotatable bonds is 6. The third-order valence-electron chi connectivity index (χ3n) is 4.40. The summed E-state index contributed by atoms with van der Waals surface area (Å²) >= 11 is 0. The van der Waals surface area contributed by atoms with Crippen LogP contribution in [0.2, 0.25) is 0 Å². The lowest BCUT2D eigenvalue weighted by Crippen LogP contribution is -2.08. The van der Waals surface area contributed by atoms with Crippen molar-refractivity contribution in [1.82, 2.24) is 19.7 Å². The van der Waals surface area contributed by atoms with Gasteiger partial charge in [0.05, 0.1) is 24.3 Å². The Morgan fingerprint density at radius 1 is 1.04 bits per heavy atom. The molecule has 0 aliphatic rings. The molecule has 7 nitrogen and oxygen atoms in total. The monoisotopic (exact) mass is 371 g/mol. The van der Waals surface area contributed by atoms with Crippen molar-refractivity contribution in [2.24, 2.45) is 5.10 Å². The molecule has 1 N–H and O–H groups in total. The Morgan fingerprint density at radius 2 is 1.82 bits per heavy atom. The Hall–Kier alpha value is -3.74. The molecule has 0 atom stereocenters. The van der Waals surface area contributed by atoms with Gasteiger partial charge in [-0.2, -0.15) is 10.2 Å². The number of hydrazone groups is 1. The number of aromatic nitrogens is 4. The highest BCUT2D eigenvalue weighted by Gasteiger charge is 2.09. The second-order valence-electron chi connectivity index (χ2n) is 6.60. The highest BCUT2D eigenvalue weighted by atomic mass is 15.3. The van der Waals surface area contributed by atoms with E-state index >= 15 is 0 Å². The maximum absolute atomic E-state index is 4.46. The number of nitrogens with one attached hydrogen (secondary N) is 1. The van der Waals surface area contributed by atoms with E-state index in [-0.39, 0.29) is 0 Å². The minimum absolute atomic E-state index is 0.630. The van der Waals surface area contributed by atoms with E-state index in [0.29, 0.717) is 12.4 Å².